The third kappa shape index (κ3) is 4.82. The topological polar surface area (TPSA) is 12.0 Å². The molecule has 20 heavy (non-hydrogen) atoms. The highest BCUT2D eigenvalue weighted by Gasteiger charge is 2.18. The van der Waals surface area contributed by atoms with Gasteiger partial charge in [-0.25, -0.2) is 0 Å². The summed E-state index contributed by atoms with van der Waals surface area (Å²) in [7, 11) is 0. The lowest BCUT2D eigenvalue weighted by Crippen LogP contribution is -2.23. The Morgan fingerprint density at radius 2 is 2.00 bits per heavy atom. The lowest BCUT2D eigenvalue weighted by Gasteiger charge is -2.27. The van der Waals surface area contributed by atoms with Crippen LogP contribution in [0.4, 0.5) is 0 Å². The molecule has 0 amide bonds. The predicted octanol–water partition coefficient (Wildman–Crippen LogP) is 5.28. The summed E-state index contributed by atoms with van der Waals surface area (Å²) in [5.41, 5.74) is 1.40. The van der Waals surface area contributed by atoms with Crippen LogP contribution in [0.2, 0.25) is 0 Å². The van der Waals surface area contributed by atoms with E-state index in [1.165, 1.54) is 42.6 Å². The summed E-state index contributed by atoms with van der Waals surface area (Å²) in [6.45, 7) is 5.84. The van der Waals surface area contributed by atoms with Crippen LogP contribution < -0.4 is 5.32 Å². The second-order valence-electron chi connectivity index (χ2n) is 6.38. The third-order valence-electron chi connectivity index (χ3n) is 4.66. The zero-order valence-electron chi connectivity index (χ0n) is 13.2. The molecule has 1 aromatic rings. The molecule has 1 fully saturated rings. The van der Waals surface area contributed by atoms with Crippen LogP contribution in [0.1, 0.15) is 57.6 Å². The molecule has 0 spiro atoms. The quantitative estimate of drug-likeness (QED) is 0.716. The molecule has 1 saturated carbocycles. The van der Waals surface area contributed by atoms with Gasteiger partial charge in [0.25, 0.3) is 0 Å². The van der Waals surface area contributed by atoms with Crippen LogP contribution >= 0.6 is 11.8 Å². The SMILES string of the molecule is CSc1ccc(C(C)NCCC2CCCC(C)C2)cc1. The van der Waals surface area contributed by atoms with E-state index >= 15 is 0 Å². The molecule has 3 unspecified atom stereocenters. The summed E-state index contributed by atoms with van der Waals surface area (Å²) in [6, 6.07) is 9.42. The molecule has 2 rings (SSSR count). The van der Waals surface area contributed by atoms with Gasteiger partial charge in [-0.15, -0.1) is 11.8 Å². The van der Waals surface area contributed by atoms with Gasteiger partial charge in [0, 0.05) is 10.9 Å². The van der Waals surface area contributed by atoms with Gasteiger partial charge in [-0.05, 0) is 62.1 Å². The van der Waals surface area contributed by atoms with Gasteiger partial charge in [0.2, 0.25) is 0 Å². The molecule has 0 saturated heterocycles. The van der Waals surface area contributed by atoms with Crippen molar-refractivity contribution in [3.05, 3.63) is 29.8 Å². The van der Waals surface area contributed by atoms with Crippen LogP contribution in [-0.4, -0.2) is 12.8 Å². The molecule has 2 heteroatoms. The van der Waals surface area contributed by atoms with Crippen molar-refractivity contribution in [2.45, 2.75) is 56.9 Å². The van der Waals surface area contributed by atoms with Gasteiger partial charge in [0.15, 0.2) is 0 Å². The zero-order valence-corrected chi connectivity index (χ0v) is 14.0. The molecular formula is C18H29NS. The minimum atomic E-state index is 0.465. The Labute approximate surface area is 128 Å². The molecule has 1 aliphatic rings. The van der Waals surface area contributed by atoms with Gasteiger partial charge in [-0.1, -0.05) is 38.3 Å². The van der Waals surface area contributed by atoms with E-state index in [1.807, 2.05) is 0 Å². The summed E-state index contributed by atoms with van der Waals surface area (Å²) in [4.78, 5) is 1.34. The second kappa shape index (κ2) is 8.09. The average molecular weight is 292 g/mol. The Kier molecular flexibility index (Phi) is 6.44. The molecule has 1 aromatic carbocycles. The fourth-order valence-corrected chi connectivity index (χ4v) is 3.74. The summed E-state index contributed by atoms with van der Waals surface area (Å²) in [5, 5.41) is 3.69. The lowest BCUT2D eigenvalue weighted by molar-refractivity contribution is 0.265. The standard InChI is InChI=1S/C18H29NS/c1-14-5-4-6-16(13-14)11-12-19-15(2)17-7-9-18(20-3)10-8-17/h7-10,14-16,19H,4-6,11-13H2,1-3H3. The molecule has 0 aliphatic heterocycles. The highest BCUT2D eigenvalue weighted by atomic mass is 32.2. The molecule has 0 bridgehead atoms. The highest BCUT2D eigenvalue weighted by molar-refractivity contribution is 7.98. The maximum absolute atomic E-state index is 3.69. The predicted molar refractivity (Wildman–Crippen MR) is 90.4 cm³/mol. The maximum Gasteiger partial charge on any atom is 0.0291 e. The molecule has 1 N–H and O–H groups in total. The molecule has 0 heterocycles. The first-order chi connectivity index (χ1) is 9.69. The van der Waals surface area contributed by atoms with E-state index in [2.05, 4.69) is 49.7 Å². The first-order valence-corrected chi connectivity index (χ1v) is 9.29. The summed E-state index contributed by atoms with van der Waals surface area (Å²) < 4.78 is 0. The molecule has 0 radical (unpaired) electrons. The molecular weight excluding hydrogens is 262 g/mol. The van der Waals surface area contributed by atoms with Crippen LogP contribution in [0.3, 0.4) is 0 Å². The first-order valence-electron chi connectivity index (χ1n) is 8.06. The fraction of sp³-hybridized carbons (Fsp3) is 0.667. The van der Waals surface area contributed by atoms with Crippen LogP contribution in [-0.2, 0) is 0 Å². The second-order valence-corrected chi connectivity index (χ2v) is 7.26. The number of hydrogen-bond donors (Lipinski definition) is 1. The minimum Gasteiger partial charge on any atom is -0.310 e. The van der Waals surface area contributed by atoms with Crippen molar-refractivity contribution >= 4 is 11.8 Å². The van der Waals surface area contributed by atoms with Gasteiger partial charge in [0.05, 0.1) is 0 Å². The summed E-state index contributed by atoms with van der Waals surface area (Å²) in [5.74, 6) is 1.91. The van der Waals surface area contributed by atoms with Crippen molar-refractivity contribution in [2.75, 3.05) is 12.8 Å². The number of benzene rings is 1. The van der Waals surface area contributed by atoms with E-state index in [0.29, 0.717) is 6.04 Å². The van der Waals surface area contributed by atoms with E-state index < -0.39 is 0 Å². The zero-order chi connectivity index (χ0) is 14.4. The van der Waals surface area contributed by atoms with Gasteiger partial charge in [0.1, 0.15) is 0 Å². The van der Waals surface area contributed by atoms with E-state index in [0.717, 1.165) is 18.4 Å². The summed E-state index contributed by atoms with van der Waals surface area (Å²) >= 11 is 1.81. The lowest BCUT2D eigenvalue weighted by atomic mass is 9.81. The van der Waals surface area contributed by atoms with Crippen LogP contribution in [0.15, 0.2) is 29.2 Å². The van der Waals surface area contributed by atoms with Gasteiger partial charge in [-0.2, -0.15) is 0 Å². The Morgan fingerprint density at radius 3 is 2.65 bits per heavy atom. The van der Waals surface area contributed by atoms with Crippen molar-refractivity contribution in [1.29, 1.82) is 0 Å². The van der Waals surface area contributed by atoms with Crippen molar-refractivity contribution < 1.29 is 0 Å². The van der Waals surface area contributed by atoms with E-state index in [4.69, 9.17) is 0 Å². The number of thioether (sulfide) groups is 1. The largest absolute Gasteiger partial charge is 0.310 e. The van der Waals surface area contributed by atoms with Crippen molar-refractivity contribution in [1.82, 2.24) is 5.32 Å². The Morgan fingerprint density at radius 1 is 1.25 bits per heavy atom. The van der Waals surface area contributed by atoms with Crippen molar-refractivity contribution in [3.63, 3.8) is 0 Å². The highest BCUT2D eigenvalue weighted by Crippen LogP contribution is 2.30. The van der Waals surface area contributed by atoms with Gasteiger partial charge >= 0.3 is 0 Å². The Bertz CT molecular complexity index is 387. The Hall–Kier alpha value is -0.470. The summed E-state index contributed by atoms with van der Waals surface area (Å²) in [6.07, 6.45) is 9.25. The first kappa shape index (κ1) is 15.9. The minimum absolute atomic E-state index is 0.465. The smallest absolute Gasteiger partial charge is 0.0291 e. The Balaban J connectivity index is 1.72. The number of hydrogen-bond acceptors (Lipinski definition) is 2. The van der Waals surface area contributed by atoms with E-state index in [-0.39, 0.29) is 0 Å². The molecule has 112 valence electrons. The van der Waals surface area contributed by atoms with Crippen molar-refractivity contribution in [2.24, 2.45) is 11.8 Å². The monoisotopic (exact) mass is 291 g/mol. The normalized spacial score (nSPS) is 24.6. The van der Waals surface area contributed by atoms with Gasteiger partial charge in [-0.3, -0.25) is 0 Å². The molecule has 3 atom stereocenters. The number of rotatable bonds is 6. The maximum atomic E-state index is 3.69. The fourth-order valence-electron chi connectivity index (χ4n) is 3.34. The van der Waals surface area contributed by atoms with Crippen LogP contribution in [0, 0.1) is 11.8 Å². The van der Waals surface area contributed by atoms with Crippen LogP contribution in [0.25, 0.3) is 0 Å². The van der Waals surface area contributed by atoms with Crippen LogP contribution in [0.5, 0.6) is 0 Å². The molecule has 1 nitrogen and oxygen atoms in total. The van der Waals surface area contributed by atoms with Crippen molar-refractivity contribution in [3.8, 4) is 0 Å². The number of nitrogens with one attached hydrogen (secondary N) is 1. The van der Waals surface area contributed by atoms with E-state index in [9.17, 15) is 0 Å². The van der Waals surface area contributed by atoms with E-state index in [1.54, 1.807) is 11.8 Å². The molecule has 1 aliphatic carbocycles. The third-order valence-corrected chi connectivity index (χ3v) is 5.41. The average Bonchev–Trinajstić information content (AvgIpc) is 2.47. The molecule has 0 aromatic heterocycles. The van der Waals surface area contributed by atoms with Gasteiger partial charge < -0.3 is 5.32 Å².